The van der Waals surface area contributed by atoms with Crippen molar-refractivity contribution in [2.24, 2.45) is 5.41 Å². The van der Waals surface area contributed by atoms with E-state index in [1.165, 1.54) is 13.0 Å². The largest absolute Gasteiger partial charge is 0.481 e. The fourth-order valence-corrected chi connectivity index (χ4v) is 4.04. The van der Waals surface area contributed by atoms with Gasteiger partial charge in [0.2, 0.25) is 10.0 Å². The highest BCUT2D eigenvalue weighted by Crippen LogP contribution is 2.27. The van der Waals surface area contributed by atoms with Gasteiger partial charge in [-0.2, -0.15) is 0 Å². The second-order valence-electron chi connectivity index (χ2n) is 4.62. The molecule has 0 saturated carbocycles. The Labute approximate surface area is 135 Å². The molecule has 1 unspecified atom stereocenters. The molecule has 1 aromatic rings. The Balaban J connectivity index is 3.02. The lowest BCUT2D eigenvalue weighted by atomic mass is 9.88. The van der Waals surface area contributed by atoms with E-state index >= 15 is 0 Å². The zero-order valence-corrected chi connectivity index (χ0v) is 15.0. The van der Waals surface area contributed by atoms with Crippen LogP contribution in [0.1, 0.15) is 20.3 Å². The van der Waals surface area contributed by atoms with Crippen LogP contribution < -0.4 is 4.72 Å². The molecule has 5 nitrogen and oxygen atoms in total. The first-order valence-electron chi connectivity index (χ1n) is 5.80. The molecule has 1 aromatic carbocycles. The van der Waals surface area contributed by atoms with Gasteiger partial charge >= 0.3 is 5.97 Å². The Hall–Kier alpha value is -0.440. The summed E-state index contributed by atoms with van der Waals surface area (Å²) in [6, 6.07) is 4.77. The number of halogens is 2. The lowest BCUT2D eigenvalue weighted by molar-refractivity contribution is -0.147. The van der Waals surface area contributed by atoms with Gasteiger partial charge in [-0.1, -0.05) is 22.9 Å². The van der Waals surface area contributed by atoms with Crippen molar-refractivity contribution in [1.29, 1.82) is 0 Å². The number of nitrogens with one attached hydrogen (secondary N) is 1. The average Bonchev–Trinajstić information content (AvgIpc) is 2.38. The molecule has 0 aliphatic carbocycles. The number of aliphatic carboxylic acids is 1. The van der Waals surface area contributed by atoms with Crippen LogP contribution in [0, 0.1) is 5.41 Å². The highest BCUT2D eigenvalue weighted by Gasteiger charge is 2.33. The van der Waals surface area contributed by atoms with Crippen molar-refractivity contribution in [2.75, 3.05) is 6.54 Å². The maximum Gasteiger partial charge on any atom is 0.310 e. The molecule has 2 N–H and O–H groups in total. The summed E-state index contributed by atoms with van der Waals surface area (Å²) in [5, 5.41) is 9.15. The second-order valence-corrected chi connectivity index (χ2v) is 8.12. The van der Waals surface area contributed by atoms with Crippen LogP contribution in [-0.2, 0) is 14.8 Å². The normalized spacial score (nSPS) is 14.8. The topological polar surface area (TPSA) is 83.5 Å². The van der Waals surface area contributed by atoms with E-state index in [0.29, 0.717) is 15.4 Å². The highest BCUT2D eigenvalue weighted by molar-refractivity contribution is 9.11. The Morgan fingerprint density at radius 2 is 2.00 bits per heavy atom. The first-order chi connectivity index (χ1) is 9.12. The summed E-state index contributed by atoms with van der Waals surface area (Å²) in [5.41, 5.74) is -1.13. The van der Waals surface area contributed by atoms with Crippen molar-refractivity contribution in [1.82, 2.24) is 4.72 Å². The third-order valence-corrected chi connectivity index (χ3v) is 6.02. The first-order valence-corrected chi connectivity index (χ1v) is 8.87. The minimum atomic E-state index is -3.78. The molecule has 0 aliphatic rings. The van der Waals surface area contributed by atoms with E-state index in [1.807, 2.05) is 0 Å². The number of carbonyl (C=O) groups is 1. The smallest absolute Gasteiger partial charge is 0.310 e. The van der Waals surface area contributed by atoms with Crippen molar-refractivity contribution >= 4 is 47.9 Å². The molecule has 1 atom stereocenters. The maximum absolute atomic E-state index is 12.2. The van der Waals surface area contributed by atoms with Crippen LogP contribution in [0.15, 0.2) is 32.0 Å². The Morgan fingerprint density at radius 1 is 1.40 bits per heavy atom. The molecule has 20 heavy (non-hydrogen) atoms. The monoisotopic (exact) mass is 427 g/mol. The Kier molecular flexibility index (Phi) is 5.77. The molecule has 0 heterocycles. The number of hydrogen-bond acceptors (Lipinski definition) is 3. The summed E-state index contributed by atoms with van der Waals surface area (Å²) in [7, 11) is -3.78. The zero-order chi connectivity index (χ0) is 15.6. The van der Waals surface area contributed by atoms with Crippen LogP contribution in [-0.4, -0.2) is 26.0 Å². The molecule has 112 valence electrons. The van der Waals surface area contributed by atoms with Gasteiger partial charge in [0.25, 0.3) is 0 Å². The molecule has 0 bridgehead atoms. The van der Waals surface area contributed by atoms with Gasteiger partial charge in [-0.15, -0.1) is 0 Å². The van der Waals surface area contributed by atoms with Crippen LogP contribution in [0.2, 0.25) is 0 Å². The van der Waals surface area contributed by atoms with Crippen LogP contribution in [0.25, 0.3) is 0 Å². The van der Waals surface area contributed by atoms with Gasteiger partial charge in [-0.3, -0.25) is 4.79 Å². The standard InChI is InChI=1S/C12H15Br2NO4S/c1-3-12(2,11(16)17)7-15-20(18,19)10-6-8(13)4-5-9(10)14/h4-6,15H,3,7H2,1-2H3,(H,16,17). The van der Waals surface area contributed by atoms with Gasteiger partial charge in [0, 0.05) is 15.5 Å². The van der Waals surface area contributed by atoms with E-state index in [1.54, 1.807) is 19.1 Å². The van der Waals surface area contributed by atoms with Gasteiger partial charge in [-0.05, 0) is 47.5 Å². The predicted octanol–water partition coefficient (Wildman–Crippen LogP) is 2.99. The predicted molar refractivity (Wildman–Crippen MR) is 83.1 cm³/mol. The summed E-state index contributed by atoms with van der Waals surface area (Å²) in [4.78, 5) is 11.2. The third kappa shape index (κ3) is 4.03. The fourth-order valence-electron chi connectivity index (χ4n) is 1.37. The van der Waals surface area contributed by atoms with E-state index < -0.39 is 21.4 Å². The molecular weight excluding hydrogens is 414 g/mol. The van der Waals surface area contributed by atoms with Crippen LogP contribution in [0.4, 0.5) is 0 Å². The molecule has 8 heteroatoms. The summed E-state index contributed by atoms with van der Waals surface area (Å²) in [6.07, 6.45) is 0.324. The van der Waals surface area contributed by atoms with Gasteiger partial charge in [0.1, 0.15) is 0 Å². The van der Waals surface area contributed by atoms with E-state index in [9.17, 15) is 13.2 Å². The van der Waals surface area contributed by atoms with Crippen LogP contribution >= 0.6 is 31.9 Å². The van der Waals surface area contributed by atoms with Crippen molar-refractivity contribution in [3.8, 4) is 0 Å². The molecular formula is C12H15Br2NO4S. The fraction of sp³-hybridized carbons (Fsp3) is 0.417. The minimum Gasteiger partial charge on any atom is -0.481 e. The molecule has 0 spiro atoms. The quantitative estimate of drug-likeness (QED) is 0.729. The van der Waals surface area contributed by atoms with E-state index in [-0.39, 0.29) is 11.4 Å². The summed E-state index contributed by atoms with van der Waals surface area (Å²) >= 11 is 6.39. The maximum atomic E-state index is 12.2. The van der Waals surface area contributed by atoms with Crippen LogP contribution in [0.5, 0.6) is 0 Å². The van der Waals surface area contributed by atoms with Crippen LogP contribution in [0.3, 0.4) is 0 Å². The molecule has 0 amide bonds. The van der Waals surface area contributed by atoms with Crippen molar-refractivity contribution < 1.29 is 18.3 Å². The third-order valence-electron chi connectivity index (χ3n) is 3.13. The number of rotatable bonds is 6. The van der Waals surface area contributed by atoms with E-state index in [4.69, 9.17) is 5.11 Å². The first kappa shape index (κ1) is 17.6. The van der Waals surface area contributed by atoms with Crippen molar-refractivity contribution in [3.05, 3.63) is 27.1 Å². The molecule has 0 radical (unpaired) electrons. The van der Waals surface area contributed by atoms with E-state index in [2.05, 4.69) is 36.6 Å². The minimum absolute atomic E-state index is 0.0655. The lowest BCUT2D eigenvalue weighted by Crippen LogP contribution is -2.40. The van der Waals surface area contributed by atoms with E-state index in [0.717, 1.165) is 0 Å². The molecule has 0 aromatic heterocycles. The van der Waals surface area contributed by atoms with Gasteiger partial charge < -0.3 is 5.11 Å². The molecule has 1 rings (SSSR count). The second kappa shape index (κ2) is 6.55. The Bertz CT molecular complexity index is 618. The number of sulfonamides is 1. The molecule has 0 fully saturated rings. The highest BCUT2D eigenvalue weighted by atomic mass is 79.9. The summed E-state index contributed by atoms with van der Waals surface area (Å²) < 4.78 is 27.9. The number of carboxylic acids is 1. The summed E-state index contributed by atoms with van der Waals surface area (Å²) in [6.45, 7) is 3.05. The molecule has 0 aliphatic heterocycles. The number of benzene rings is 1. The van der Waals surface area contributed by atoms with Gasteiger partial charge in [-0.25, -0.2) is 13.1 Å². The zero-order valence-electron chi connectivity index (χ0n) is 11.0. The van der Waals surface area contributed by atoms with Crippen molar-refractivity contribution in [3.63, 3.8) is 0 Å². The lowest BCUT2D eigenvalue weighted by Gasteiger charge is -2.23. The van der Waals surface area contributed by atoms with Crippen molar-refractivity contribution in [2.45, 2.75) is 25.2 Å². The van der Waals surface area contributed by atoms with Gasteiger partial charge in [0.05, 0.1) is 10.3 Å². The molecule has 0 saturated heterocycles. The number of hydrogen-bond donors (Lipinski definition) is 2. The average molecular weight is 429 g/mol. The Morgan fingerprint density at radius 3 is 2.50 bits per heavy atom. The SMILES string of the molecule is CCC(C)(CNS(=O)(=O)c1cc(Br)ccc1Br)C(=O)O. The van der Waals surface area contributed by atoms with Gasteiger partial charge in [0.15, 0.2) is 0 Å². The number of carboxylic acid groups (broad SMARTS) is 1. The summed E-state index contributed by atoms with van der Waals surface area (Å²) in [5.74, 6) is -1.03.